The van der Waals surface area contributed by atoms with Gasteiger partial charge < -0.3 is 5.73 Å². The molecule has 10 heteroatoms. The third kappa shape index (κ3) is 2.25. The summed E-state index contributed by atoms with van der Waals surface area (Å²) in [6, 6.07) is 3.25. The molecule has 1 aromatic carbocycles. The average Bonchev–Trinajstić information content (AvgIpc) is 2.79. The van der Waals surface area contributed by atoms with Gasteiger partial charge in [-0.1, -0.05) is 12.1 Å². The molecule has 2 N–H and O–H groups in total. The summed E-state index contributed by atoms with van der Waals surface area (Å²) < 4.78 is 1.26. The summed E-state index contributed by atoms with van der Waals surface area (Å²) in [6.07, 6.45) is 0.481. The molecule has 0 unspecified atom stereocenters. The molecule has 0 aliphatic rings. The highest BCUT2D eigenvalue weighted by Crippen LogP contribution is 2.26. The molecule has 0 fully saturated rings. The van der Waals surface area contributed by atoms with Gasteiger partial charge in [0.05, 0.1) is 27.3 Å². The molecule has 0 aliphatic heterocycles. The predicted octanol–water partition coefficient (Wildman–Crippen LogP) is 1.23. The highest BCUT2D eigenvalue weighted by Gasteiger charge is 2.19. The lowest BCUT2D eigenvalue weighted by Gasteiger charge is -2.05. The van der Waals surface area contributed by atoms with E-state index in [0.717, 1.165) is 6.07 Å². The zero-order valence-corrected chi connectivity index (χ0v) is 10.4. The third-order valence-electron chi connectivity index (χ3n) is 2.68. The largest absolute Gasteiger partial charge is 0.381 e. The number of nitrogen functional groups attached to an aromatic ring is 1. The Hall–Kier alpha value is -3.04. The van der Waals surface area contributed by atoms with Crippen molar-refractivity contribution in [2.45, 2.75) is 13.3 Å². The molecule has 0 spiro atoms. The number of anilines is 1. The number of benzene rings is 1. The van der Waals surface area contributed by atoms with Crippen LogP contribution in [0.2, 0.25) is 0 Å². The second kappa shape index (κ2) is 4.91. The van der Waals surface area contributed by atoms with Crippen LogP contribution in [0, 0.1) is 20.2 Å². The molecule has 20 heavy (non-hydrogen) atoms. The van der Waals surface area contributed by atoms with E-state index in [-0.39, 0.29) is 11.5 Å². The summed E-state index contributed by atoms with van der Waals surface area (Å²) in [5, 5.41) is 29.1. The molecule has 0 atom stereocenters. The fourth-order valence-electron chi connectivity index (χ4n) is 1.76. The van der Waals surface area contributed by atoms with Crippen LogP contribution in [0.15, 0.2) is 18.2 Å². The fourth-order valence-corrected chi connectivity index (χ4v) is 1.76. The Kier molecular flexibility index (Phi) is 3.29. The molecule has 10 nitrogen and oxygen atoms in total. The average molecular weight is 278 g/mol. The lowest BCUT2D eigenvalue weighted by atomic mass is 10.2. The van der Waals surface area contributed by atoms with Gasteiger partial charge in [-0.3, -0.25) is 20.2 Å². The van der Waals surface area contributed by atoms with Gasteiger partial charge in [-0.05, 0) is 6.42 Å². The monoisotopic (exact) mass is 278 g/mol. The Labute approximate surface area is 112 Å². The minimum atomic E-state index is -0.706. The fraction of sp³-hybridized carbons (Fsp3) is 0.200. The highest BCUT2D eigenvalue weighted by atomic mass is 16.6. The standard InChI is InChI=1S/C10H10N6O4/c1-2-9-10(11)12-13-14(9)6-3-7(15(17)18)5-8(4-6)16(19)20/h3-5H,2,11H2,1H3. The first kappa shape index (κ1) is 13.4. The molecule has 0 saturated carbocycles. The van der Waals surface area contributed by atoms with E-state index in [1.165, 1.54) is 16.8 Å². The van der Waals surface area contributed by atoms with Crippen molar-refractivity contribution in [1.82, 2.24) is 15.0 Å². The Morgan fingerprint density at radius 1 is 1.20 bits per heavy atom. The van der Waals surface area contributed by atoms with Gasteiger partial charge in [-0.2, -0.15) is 0 Å². The lowest BCUT2D eigenvalue weighted by molar-refractivity contribution is -0.394. The van der Waals surface area contributed by atoms with Crippen molar-refractivity contribution in [3.05, 3.63) is 44.1 Å². The first-order chi connectivity index (χ1) is 9.43. The maximum absolute atomic E-state index is 10.8. The van der Waals surface area contributed by atoms with E-state index < -0.39 is 21.2 Å². The van der Waals surface area contributed by atoms with E-state index in [2.05, 4.69) is 10.3 Å². The minimum Gasteiger partial charge on any atom is -0.381 e. The van der Waals surface area contributed by atoms with Crippen LogP contribution >= 0.6 is 0 Å². The second-order valence-electron chi connectivity index (χ2n) is 3.91. The van der Waals surface area contributed by atoms with Crippen molar-refractivity contribution in [3.8, 4) is 5.69 Å². The van der Waals surface area contributed by atoms with Gasteiger partial charge >= 0.3 is 0 Å². The molecule has 0 bridgehead atoms. The van der Waals surface area contributed by atoms with E-state index in [1.807, 2.05) is 0 Å². The topological polar surface area (TPSA) is 143 Å². The smallest absolute Gasteiger partial charge is 0.278 e. The number of aromatic nitrogens is 3. The maximum atomic E-state index is 10.8. The van der Waals surface area contributed by atoms with Crippen LogP contribution in [0.5, 0.6) is 0 Å². The predicted molar refractivity (Wildman–Crippen MR) is 68.5 cm³/mol. The number of hydrogen-bond donors (Lipinski definition) is 1. The molecule has 1 heterocycles. The quantitative estimate of drug-likeness (QED) is 0.654. The van der Waals surface area contributed by atoms with Crippen molar-refractivity contribution < 1.29 is 9.85 Å². The number of non-ortho nitro benzene ring substituents is 2. The minimum absolute atomic E-state index is 0.173. The third-order valence-corrected chi connectivity index (χ3v) is 2.68. The van der Waals surface area contributed by atoms with Crippen LogP contribution < -0.4 is 5.73 Å². The van der Waals surface area contributed by atoms with Crippen LogP contribution in [0.3, 0.4) is 0 Å². The summed E-state index contributed by atoms with van der Waals surface area (Å²) in [7, 11) is 0. The Morgan fingerprint density at radius 2 is 1.75 bits per heavy atom. The molecule has 0 amide bonds. The van der Waals surface area contributed by atoms with Crippen molar-refractivity contribution >= 4 is 17.2 Å². The molecule has 2 rings (SSSR count). The summed E-state index contributed by atoms with van der Waals surface area (Å²) in [6.45, 7) is 1.80. The van der Waals surface area contributed by atoms with Crippen molar-refractivity contribution in [2.24, 2.45) is 0 Å². The van der Waals surface area contributed by atoms with Crippen molar-refractivity contribution in [2.75, 3.05) is 5.73 Å². The van der Waals surface area contributed by atoms with Crippen LogP contribution in [0.4, 0.5) is 17.2 Å². The zero-order chi connectivity index (χ0) is 14.9. The molecule has 104 valence electrons. The number of nitrogens with zero attached hydrogens (tertiary/aromatic N) is 5. The number of nitrogens with two attached hydrogens (primary N) is 1. The zero-order valence-electron chi connectivity index (χ0n) is 10.4. The van der Waals surface area contributed by atoms with Gasteiger partial charge in [0.2, 0.25) is 0 Å². The van der Waals surface area contributed by atoms with Gasteiger partial charge in [0.1, 0.15) is 0 Å². The number of nitro benzene ring substituents is 2. The summed E-state index contributed by atoms with van der Waals surface area (Å²) >= 11 is 0. The lowest BCUT2D eigenvalue weighted by Crippen LogP contribution is -2.04. The molecular formula is C10H10N6O4. The number of nitro groups is 2. The molecule has 0 saturated heterocycles. The van der Waals surface area contributed by atoms with E-state index in [0.29, 0.717) is 12.1 Å². The van der Waals surface area contributed by atoms with Crippen LogP contribution in [0.25, 0.3) is 5.69 Å². The molecule has 2 aromatic rings. The summed E-state index contributed by atoms with van der Waals surface area (Å²) in [5.74, 6) is 0.182. The summed E-state index contributed by atoms with van der Waals surface area (Å²) in [5.41, 5.74) is 5.53. The summed E-state index contributed by atoms with van der Waals surface area (Å²) in [4.78, 5) is 20.3. The van der Waals surface area contributed by atoms with Crippen molar-refractivity contribution in [1.29, 1.82) is 0 Å². The van der Waals surface area contributed by atoms with Crippen LogP contribution in [-0.2, 0) is 6.42 Å². The Bertz CT molecular complexity index is 663. The van der Waals surface area contributed by atoms with Gasteiger partial charge in [0, 0.05) is 12.1 Å². The molecule has 0 radical (unpaired) electrons. The first-order valence-electron chi connectivity index (χ1n) is 5.58. The maximum Gasteiger partial charge on any atom is 0.278 e. The van der Waals surface area contributed by atoms with E-state index in [1.54, 1.807) is 6.92 Å². The number of hydrogen-bond acceptors (Lipinski definition) is 7. The van der Waals surface area contributed by atoms with E-state index >= 15 is 0 Å². The Morgan fingerprint density at radius 3 is 2.20 bits per heavy atom. The van der Waals surface area contributed by atoms with E-state index in [4.69, 9.17) is 5.73 Å². The van der Waals surface area contributed by atoms with Crippen molar-refractivity contribution in [3.63, 3.8) is 0 Å². The van der Waals surface area contributed by atoms with E-state index in [9.17, 15) is 20.2 Å². The Balaban J connectivity index is 2.66. The normalized spacial score (nSPS) is 10.4. The number of rotatable bonds is 4. The van der Waals surface area contributed by atoms with Crippen LogP contribution in [0.1, 0.15) is 12.6 Å². The van der Waals surface area contributed by atoms with Crippen LogP contribution in [-0.4, -0.2) is 24.8 Å². The molecule has 0 aliphatic carbocycles. The van der Waals surface area contributed by atoms with Gasteiger partial charge in [0.15, 0.2) is 5.82 Å². The molecule has 1 aromatic heterocycles. The first-order valence-corrected chi connectivity index (χ1v) is 5.58. The van der Waals surface area contributed by atoms with Gasteiger partial charge in [-0.15, -0.1) is 5.10 Å². The second-order valence-corrected chi connectivity index (χ2v) is 3.91. The van der Waals surface area contributed by atoms with Gasteiger partial charge in [0.25, 0.3) is 11.4 Å². The SMILES string of the molecule is CCc1c(N)nnn1-c1cc([N+](=O)[O-])cc([N+](=O)[O-])c1. The van der Waals surface area contributed by atoms with Gasteiger partial charge in [-0.25, -0.2) is 4.68 Å². The highest BCUT2D eigenvalue weighted by molar-refractivity contribution is 5.54. The molecular weight excluding hydrogens is 268 g/mol.